The van der Waals surface area contributed by atoms with Gasteiger partial charge < -0.3 is 9.64 Å². The van der Waals surface area contributed by atoms with Crippen molar-refractivity contribution in [2.75, 3.05) is 19.0 Å². The van der Waals surface area contributed by atoms with E-state index < -0.39 is 6.10 Å². The molecule has 6 heteroatoms. The van der Waals surface area contributed by atoms with Crippen LogP contribution in [0.3, 0.4) is 0 Å². The Morgan fingerprint density at radius 3 is 2.52 bits per heavy atom. The van der Waals surface area contributed by atoms with E-state index in [1.54, 1.807) is 31.3 Å². The van der Waals surface area contributed by atoms with Crippen LogP contribution in [-0.4, -0.2) is 32.3 Å². The van der Waals surface area contributed by atoms with Crippen molar-refractivity contribution in [1.29, 1.82) is 0 Å². The van der Waals surface area contributed by atoms with Crippen molar-refractivity contribution in [2.45, 2.75) is 20.0 Å². The second-order valence-corrected chi connectivity index (χ2v) is 6.33. The van der Waals surface area contributed by atoms with Gasteiger partial charge in [-0.25, -0.2) is 5.43 Å². The molecule has 0 aliphatic carbocycles. The van der Waals surface area contributed by atoms with Crippen LogP contribution in [0.4, 0.5) is 5.69 Å². The highest BCUT2D eigenvalue weighted by molar-refractivity contribution is 6.30. The maximum atomic E-state index is 12.1. The average molecular weight is 360 g/mol. The van der Waals surface area contributed by atoms with Gasteiger partial charge in [-0.05, 0) is 55.3 Å². The molecule has 25 heavy (non-hydrogen) atoms. The molecule has 2 aromatic rings. The van der Waals surface area contributed by atoms with Crippen molar-refractivity contribution in [3.63, 3.8) is 0 Å². The molecule has 0 unspecified atom stereocenters. The molecular weight excluding hydrogens is 338 g/mol. The first-order chi connectivity index (χ1) is 11.9. The molecule has 2 aromatic carbocycles. The Labute approximate surface area is 153 Å². The van der Waals surface area contributed by atoms with E-state index >= 15 is 0 Å². The number of aryl methyl sites for hydroxylation is 1. The highest BCUT2D eigenvalue weighted by Gasteiger charge is 2.15. The standard InChI is InChI=1S/C19H22ClN3O2/c1-13-11-16(20)7-10-18(13)25-14(2)19(24)22-21-12-15-5-8-17(9-6-15)23(3)4/h5-12,14H,1-4H3,(H,22,24)/b21-12-/t14-/m0/s1. The Bertz CT molecular complexity index is 758. The zero-order valence-electron chi connectivity index (χ0n) is 14.8. The third-order valence-corrected chi connectivity index (χ3v) is 3.84. The fourth-order valence-electron chi connectivity index (χ4n) is 2.11. The number of carbonyl (C=O) groups is 1. The number of anilines is 1. The van der Waals surface area contributed by atoms with Gasteiger partial charge >= 0.3 is 0 Å². The number of nitrogens with zero attached hydrogens (tertiary/aromatic N) is 2. The third kappa shape index (κ3) is 5.50. The molecule has 0 bridgehead atoms. The highest BCUT2D eigenvalue weighted by Crippen LogP contribution is 2.22. The van der Waals surface area contributed by atoms with Crippen LogP contribution in [-0.2, 0) is 4.79 Å². The minimum Gasteiger partial charge on any atom is -0.481 e. The number of carbonyl (C=O) groups excluding carboxylic acids is 1. The summed E-state index contributed by atoms with van der Waals surface area (Å²) in [4.78, 5) is 14.1. The van der Waals surface area contributed by atoms with E-state index in [2.05, 4.69) is 10.5 Å². The van der Waals surface area contributed by atoms with Crippen LogP contribution in [0.15, 0.2) is 47.6 Å². The predicted molar refractivity (Wildman–Crippen MR) is 103 cm³/mol. The first-order valence-electron chi connectivity index (χ1n) is 7.90. The van der Waals surface area contributed by atoms with Gasteiger partial charge in [0.05, 0.1) is 6.21 Å². The molecule has 0 fully saturated rings. The summed E-state index contributed by atoms with van der Waals surface area (Å²) in [6.07, 6.45) is 0.922. The second kappa shape index (κ2) is 8.53. The largest absolute Gasteiger partial charge is 0.481 e. The van der Waals surface area contributed by atoms with Crippen molar-refractivity contribution < 1.29 is 9.53 Å². The predicted octanol–water partition coefficient (Wildman–Crippen LogP) is 3.63. The lowest BCUT2D eigenvalue weighted by atomic mass is 10.2. The number of rotatable bonds is 6. The summed E-state index contributed by atoms with van der Waals surface area (Å²) in [6, 6.07) is 13.1. The molecule has 5 nitrogen and oxygen atoms in total. The second-order valence-electron chi connectivity index (χ2n) is 5.89. The van der Waals surface area contributed by atoms with Gasteiger partial charge in [0, 0.05) is 24.8 Å². The molecule has 0 aliphatic rings. The van der Waals surface area contributed by atoms with Gasteiger partial charge in [0.15, 0.2) is 6.10 Å². The lowest BCUT2D eigenvalue weighted by molar-refractivity contribution is -0.127. The maximum Gasteiger partial charge on any atom is 0.280 e. The minimum absolute atomic E-state index is 0.324. The number of hydrazone groups is 1. The van der Waals surface area contributed by atoms with Crippen LogP contribution in [0, 0.1) is 6.92 Å². The number of amides is 1. The van der Waals surface area contributed by atoms with E-state index in [1.807, 2.05) is 50.2 Å². The molecule has 0 spiro atoms. The Morgan fingerprint density at radius 2 is 1.92 bits per heavy atom. The zero-order chi connectivity index (χ0) is 18.4. The first-order valence-corrected chi connectivity index (χ1v) is 8.27. The van der Waals surface area contributed by atoms with Crippen LogP contribution >= 0.6 is 11.6 Å². The summed E-state index contributed by atoms with van der Waals surface area (Å²) >= 11 is 5.91. The van der Waals surface area contributed by atoms with Crippen LogP contribution in [0.1, 0.15) is 18.1 Å². The third-order valence-electron chi connectivity index (χ3n) is 3.61. The van der Waals surface area contributed by atoms with Gasteiger partial charge in [-0.2, -0.15) is 5.10 Å². The fraction of sp³-hybridized carbons (Fsp3) is 0.263. The van der Waals surface area contributed by atoms with Crippen LogP contribution in [0.25, 0.3) is 0 Å². The molecule has 132 valence electrons. The smallest absolute Gasteiger partial charge is 0.280 e. The fourth-order valence-corrected chi connectivity index (χ4v) is 2.34. The van der Waals surface area contributed by atoms with Crippen LogP contribution in [0.2, 0.25) is 5.02 Å². The summed E-state index contributed by atoms with van der Waals surface area (Å²) in [6.45, 7) is 3.55. The molecule has 0 radical (unpaired) electrons. The van der Waals surface area contributed by atoms with Crippen LogP contribution < -0.4 is 15.1 Å². The van der Waals surface area contributed by atoms with E-state index in [9.17, 15) is 4.79 Å². The Morgan fingerprint density at radius 1 is 1.24 bits per heavy atom. The van der Waals surface area contributed by atoms with Gasteiger partial charge in [-0.3, -0.25) is 4.79 Å². The Kier molecular flexibility index (Phi) is 6.42. The molecule has 0 aliphatic heterocycles. The zero-order valence-corrected chi connectivity index (χ0v) is 15.5. The van der Waals surface area contributed by atoms with E-state index in [0.717, 1.165) is 16.8 Å². The summed E-state index contributed by atoms with van der Waals surface area (Å²) in [5, 5.41) is 4.61. The Hall–Kier alpha value is -2.53. The molecule has 1 amide bonds. The summed E-state index contributed by atoms with van der Waals surface area (Å²) in [5.41, 5.74) is 5.36. The molecule has 1 N–H and O–H groups in total. The number of ether oxygens (including phenoxy) is 1. The molecule has 1 atom stereocenters. The number of halogens is 1. The summed E-state index contributed by atoms with van der Waals surface area (Å²) < 4.78 is 5.66. The number of nitrogens with one attached hydrogen (secondary N) is 1. The number of hydrogen-bond acceptors (Lipinski definition) is 4. The lowest BCUT2D eigenvalue weighted by Crippen LogP contribution is -2.33. The van der Waals surface area contributed by atoms with E-state index in [-0.39, 0.29) is 5.91 Å². The average Bonchev–Trinajstić information content (AvgIpc) is 2.57. The topological polar surface area (TPSA) is 53.9 Å². The van der Waals surface area contributed by atoms with Crippen molar-refractivity contribution in [3.05, 3.63) is 58.6 Å². The number of hydrogen-bond donors (Lipinski definition) is 1. The maximum absolute atomic E-state index is 12.1. The molecule has 0 heterocycles. The van der Waals surface area contributed by atoms with Crippen molar-refractivity contribution >= 4 is 29.4 Å². The number of benzene rings is 2. The minimum atomic E-state index is -0.673. The molecule has 0 saturated heterocycles. The van der Waals surface area contributed by atoms with Crippen molar-refractivity contribution in [1.82, 2.24) is 5.43 Å². The van der Waals surface area contributed by atoms with E-state index in [0.29, 0.717) is 10.8 Å². The normalized spacial score (nSPS) is 12.0. The van der Waals surface area contributed by atoms with Gasteiger partial charge in [0.2, 0.25) is 0 Å². The molecule has 2 rings (SSSR count). The van der Waals surface area contributed by atoms with Gasteiger partial charge in [0.25, 0.3) is 5.91 Å². The Balaban J connectivity index is 1.90. The molecule has 0 saturated carbocycles. The highest BCUT2D eigenvalue weighted by atomic mass is 35.5. The van der Waals surface area contributed by atoms with Crippen molar-refractivity contribution in [2.24, 2.45) is 5.10 Å². The monoisotopic (exact) mass is 359 g/mol. The van der Waals surface area contributed by atoms with Gasteiger partial charge in [-0.1, -0.05) is 23.7 Å². The van der Waals surface area contributed by atoms with E-state index in [1.165, 1.54) is 0 Å². The lowest BCUT2D eigenvalue weighted by Gasteiger charge is -2.15. The van der Waals surface area contributed by atoms with Crippen molar-refractivity contribution in [3.8, 4) is 5.75 Å². The van der Waals surface area contributed by atoms with E-state index in [4.69, 9.17) is 16.3 Å². The first kappa shape index (κ1) is 18.8. The summed E-state index contributed by atoms with van der Waals surface area (Å²) in [5.74, 6) is 0.297. The molecule has 0 aromatic heterocycles. The summed E-state index contributed by atoms with van der Waals surface area (Å²) in [7, 11) is 3.96. The SMILES string of the molecule is Cc1cc(Cl)ccc1O[C@@H](C)C(=O)N/N=C\c1ccc(N(C)C)cc1. The quantitative estimate of drug-likeness (QED) is 0.633. The van der Waals surface area contributed by atoms with Gasteiger partial charge in [-0.15, -0.1) is 0 Å². The van der Waals surface area contributed by atoms with Crippen LogP contribution in [0.5, 0.6) is 5.75 Å². The molecular formula is C19H22ClN3O2. The van der Waals surface area contributed by atoms with Gasteiger partial charge in [0.1, 0.15) is 5.75 Å².